The average Bonchev–Trinajstić information content (AvgIpc) is 2.98. The lowest BCUT2D eigenvalue weighted by molar-refractivity contribution is -0.117. The van der Waals surface area contributed by atoms with Crippen molar-refractivity contribution in [1.29, 1.82) is 0 Å². The van der Waals surface area contributed by atoms with E-state index in [4.69, 9.17) is 4.52 Å². The Balaban J connectivity index is 1.41. The predicted octanol–water partition coefficient (Wildman–Crippen LogP) is 2.06. The highest BCUT2D eigenvalue weighted by Crippen LogP contribution is 2.40. The van der Waals surface area contributed by atoms with E-state index >= 15 is 0 Å². The van der Waals surface area contributed by atoms with E-state index in [0.29, 0.717) is 12.5 Å². The summed E-state index contributed by atoms with van der Waals surface area (Å²) in [5.74, 6) is 1.89. The molecule has 0 spiro atoms. The fraction of sp³-hybridized carbons (Fsp3) is 0.625. The second-order valence-corrected chi connectivity index (χ2v) is 6.75. The lowest BCUT2D eigenvalue weighted by Gasteiger charge is -2.21. The van der Waals surface area contributed by atoms with Crippen molar-refractivity contribution in [3.8, 4) is 0 Å². The fourth-order valence-corrected chi connectivity index (χ4v) is 3.28. The lowest BCUT2D eigenvalue weighted by atomic mass is 10.2. The Morgan fingerprint density at radius 2 is 2.21 bits per heavy atom. The van der Waals surface area contributed by atoms with Gasteiger partial charge in [-0.25, -0.2) is 0 Å². The molecule has 1 aliphatic carbocycles. The number of aromatic amines is 1. The number of H-pyrrole nitrogens is 1. The van der Waals surface area contributed by atoms with Crippen LogP contribution in [-0.2, 0) is 4.79 Å². The summed E-state index contributed by atoms with van der Waals surface area (Å²) < 4.78 is 5.37. The molecule has 2 aromatic rings. The van der Waals surface area contributed by atoms with Gasteiger partial charge in [0.2, 0.25) is 11.8 Å². The summed E-state index contributed by atoms with van der Waals surface area (Å²) in [5, 5.41) is 14.1. The summed E-state index contributed by atoms with van der Waals surface area (Å²) in [7, 11) is 0. The van der Waals surface area contributed by atoms with Gasteiger partial charge in [0.05, 0.1) is 29.7 Å². The second kappa shape index (κ2) is 6.01. The first-order valence-electron chi connectivity index (χ1n) is 8.51. The molecule has 0 unspecified atom stereocenters. The highest BCUT2D eigenvalue weighted by molar-refractivity contribution is 5.93. The van der Waals surface area contributed by atoms with Crippen LogP contribution in [0, 0.1) is 13.8 Å². The van der Waals surface area contributed by atoms with Gasteiger partial charge in [0, 0.05) is 5.92 Å². The Kier molecular flexibility index (Phi) is 3.84. The van der Waals surface area contributed by atoms with Gasteiger partial charge < -0.3 is 9.84 Å². The molecule has 2 aromatic heterocycles. The molecule has 1 aliphatic heterocycles. The maximum absolute atomic E-state index is 12.4. The van der Waals surface area contributed by atoms with Gasteiger partial charge in [-0.05, 0) is 46.1 Å². The first-order valence-corrected chi connectivity index (χ1v) is 8.51. The number of hydrogen-bond donors (Lipinski definition) is 2. The third kappa shape index (κ3) is 2.93. The molecule has 24 heavy (non-hydrogen) atoms. The molecule has 1 atom stereocenters. The highest BCUT2D eigenvalue weighted by atomic mass is 16.5. The zero-order valence-electron chi connectivity index (χ0n) is 14.0. The molecule has 0 bridgehead atoms. The highest BCUT2D eigenvalue weighted by Gasteiger charge is 2.34. The van der Waals surface area contributed by atoms with E-state index in [0.717, 1.165) is 61.0 Å². The number of rotatable bonds is 5. The molecule has 8 heteroatoms. The Morgan fingerprint density at radius 3 is 2.92 bits per heavy atom. The second-order valence-electron chi connectivity index (χ2n) is 6.75. The Labute approximate surface area is 140 Å². The monoisotopic (exact) mass is 330 g/mol. The molecule has 2 fully saturated rings. The Hall–Kier alpha value is -2.22. The molecule has 0 aromatic carbocycles. The molecule has 0 radical (unpaired) electrons. The standard InChI is InChI=1S/C16H22N6O2/c1-9-14(10(2)20-19-9)17-13(23)8-22-7-3-4-12(22)15-18-16(24-21-15)11-5-6-11/h11-12H,3-8H2,1-2H3,(H,17,23)(H,19,20)/t12-/m0/s1. The topological polar surface area (TPSA) is 99.9 Å². The van der Waals surface area contributed by atoms with Crippen LogP contribution in [0.15, 0.2) is 4.52 Å². The molecule has 4 rings (SSSR count). The van der Waals surface area contributed by atoms with Crippen molar-refractivity contribution in [3.63, 3.8) is 0 Å². The smallest absolute Gasteiger partial charge is 0.238 e. The lowest BCUT2D eigenvalue weighted by Crippen LogP contribution is -2.33. The molecule has 1 saturated carbocycles. The summed E-state index contributed by atoms with van der Waals surface area (Å²) in [5.41, 5.74) is 2.43. The van der Waals surface area contributed by atoms with E-state index in [1.807, 2.05) is 13.8 Å². The quantitative estimate of drug-likeness (QED) is 0.870. The zero-order chi connectivity index (χ0) is 16.7. The zero-order valence-corrected chi connectivity index (χ0v) is 14.0. The molecular weight excluding hydrogens is 308 g/mol. The number of likely N-dealkylation sites (tertiary alicyclic amines) is 1. The number of aryl methyl sites for hydroxylation is 2. The minimum absolute atomic E-state index is 0.0413. The van der Waals surface area contributed by atoms with Crippen LogP contribution >= 0.6 is 0 Å². The van der Waals surface area contributed by atoms with Crippen LogP contribution in [0.1, 0.15) is 60.7 Å². The molecular formula is C16H22N6O2. The molecule has 2 N–H and O–H groups in total. The van der Waals surface area contributed by atoms with Crippen molar-refractivity contribution in [2.45, 2.75) is 51.5 Å². The SMILES string of the molecule is Cc1n[nH]c(C)c1NC(=O)CN1CCC[C@H]1c1noc(C2CC2)n1. The van der Waals surface area contributed by atoms with E-state index in [-0.39, 0.29) is 11.9 Å². The van der Waals surface area contributed by atoms with Crippen LogP contribution < -0.4 is 5.32 Å². The Morgan fingerprint density at radius 1 is 1.38 bits per heavy atom. The summed E-state index contributed by atoms with van der Waals surface area (Å²) in [4.78, 5) is 19.1. The molecule has 1 amide bonds. The minimum Gasteiger partial charge on any atom is -0.339 e. The number of nitrogens with one attached hydrogen (secondary N) is 2. The van der Waals surface area contributed by atoms with Gasteiger partial charge >= 0.3 is 0 Å². The normalized spacial score (nSPS) is 21.3. The van der Waals surface area contributed by atoms with Crippen LogP contribution in [0.3, 0.4) is 0 Å². The van der Waals surface area contributed by atoms with Gasteiger partial charge in [0.25, 0.3) is 0 Å². The first kappa shape index (κ1) is 15.3. The van der Waals surface area contributed by atoms with Gasteiger partial charge in [0.15, 0.2) is 5.82 Å². The van der Waals surface area contributed by atoms with Gasteiger partial charge in [-0.2, -0.15) is 10.1 Å². The van der Waals surface area contributed by atoms with E-state index in [1.165, 1.54) is 0 Å². The average molecular weight is 330 g/mol. The van der Waals surface area contributed by atoms with Crippen LogP contribution in [0.25, 0.3) is 0 Å². The van der Waals surface area contributed by atoms with Crippen molar-refractivity contribution in [3.05, 3.63) is 23.1 Å². The summed E-state index contributed by atoms with van der Waals surface area (Å²) in [6.45, 7) is 4.96. The number of anilines is 1. The third-order valence-corrected chi connectivity index (χ3v) is 4.78. The summed E-state index contributed by atoms with van der Waals surface area (Å²) in [6, 6.07) is 0.0681. The van der Waals surface area contributed by atoms with E-state index in [2.05, 4.69) is 30.6 Å². The van der Waals surface area contributed by atoms with E-state index in [1.54, 1.807) is 0 Å². The summed E-state index contributed by atoms with van der Waals surface area (Å²) in [6.07, 6.45) is 4.28. The maximum atomic E-state index is 12.4. The van der Waals surface area contributed by atoms with Crippen molar-refractivity contribution >= 4 is 11.6 Å². The number of carbonyl (C=O) groups is 1. The summed E-state index contributed by atoms with van der Waals surface area (Å²) >= 11 is 0. The van der Waals surface area contributed by atoms with Crippen LogP contribution in [0.5, 0.6) is 0 Å². The number of hydrogen-bond acceptors (Lipinski definition) is 6. The predicted molar refractivity (Wildman–Crippen MR) is 86.5 cm³/mol. The number of aromatic nitrogens is 4. The first-order chi connectivity index (χ1) is 11.6. The van der Waals surface area contributed by atoms with E-state index in [9.17, 15) is 4.79 Å². The number of amides is 1. The molecule has 128 valence electrons. The van der Waals surface area contributed by atoms with Gasteiger partial charge in [-0.3, -0.25) is 14.8 Å². The van der Waals surface area contributed by atoms with Gasteiger partial charge in [-0.1, -0.05) is 5.16 Å². The van der Waals surface area contributed by atoms with E-state index < -0.39 is 0 Å². The van der Waals surface area contributed by atoms with Crippen LogP contribution in [-0.4, -0.2) is 44.2 Å². The van der Waals surface area contributed by atoms with Crippen molar-refractivity contribution in [1.82, 2.24) is 25.2 Å². The molecule has 1 saturated heterocycles. The van der Waals surface area contributed by atoms with Crippen molar-refractivity contribution < 1.29 is 9.32 Å². The minimum atomic E-state index is -0.0413. The maximum Gasteiger partial charge on any atom is 0.238 e. The van der Waals surface area contributed by atoms with Crippen LogP contribution in [0.4, 0.5) is 5.69 Å². The fourth-order valence-electron chi connectivity index (χ4n) is 3.28. The van der Waals surface area contributed by atoms with Crippen LogP contribution in [0.2, 0.25) is 0 Å². The van der Waals surface area contributed by atoms with Gasteiger partial charge in [0.1, 0.15) is 0 Å². The Bertz CT molecular complexity index is 728. The molecule has 3 heterocycles. The molecule has 2 aliphatic rings. The van der Waals surface area contributed by atoms with Crippen molar-refractivity contribution in [2.24, 2.45) is 0 Å². The van der Waals surface area contributed by atoms with Crippen molar-refractivity contribution in [2.75, 3.05) is 18.4 Å². The number of nitrogens with zero attached hydrogens (tertiary/aromatic N) is 4. The third-order valence-electron chi connectivity index (χ3n) is 4.78. The largest absolute Gasteiger partial charge is 0.339 e. The van der Waals surface area contributed by atoms with Gasteiger partial charge in [-0.15, -0.1) is 0 Å². The number of carbonyl (C=O) groups excluding carboxylic acids is 1. The molecule has 8 nitrogen and oxygen atoms in total.